The summed E-state index contributed by atoms with van der Waals surface area (Å²) in [5, 5.41) is 0. The Morgan fingerprint density at radius 2 is 2.00 bits per heavy atom. The number of rotatable bonds is 2. The molecule has 1 aromatic rings. The third-order valence-corrected chi connectivity index (χ3v) is 3.28. The molecular weight excluding hydrogens is 247 g/mol. The summed E-state index contributed by atoms with van der Waals surface area (Å²) in [5.41, 5.74) is 0. The van der Waals surface area contributed by atoms with Crippen LogP contribution in [0.3, 0.4) is 0 Å². The molecule has 0 aromatic heterocycles. The average molecular weight is 259 g/mol. The van der Waals surface area contributed by atoms with Gasteiger partial charge in [0.05, 0.1) is 10.6 Å². The number of halogens is 2. The Labute approximate surface area is 91.4 Å². The number of hydrogen-bond donors (Lipinski definition) is 0. The van der Waals surface area contributed by atoms with E-state index in [4.69, 9.17) is 4.74 Å². The van der Waals surface area contributed by atoms with Gasteiger partial charge >= 0.3 is 0 Å². The highest BCUT2D eigenvalue weighted by molar-refractivity contribution is 9.10. The van der Waals surface area contributed by atoms with Crippen LogP contribution in [0, 0.1) is 5.82 Å². The van der Waals surface area contributed by atoms with Gasteiger partial charge in [0.1, 0.15) is 11.6 Å². The van der Waals surface area contributed by atoms with Gasteiger partial charge < -0.3 is 4.74 Å². The minimum Gasteiger partial charge on any atom is -0.489 e. The van der Waals surface area contributed by atoms with Crippen molar-refractivity contribution < 1.29 is 9.13 Å². The van der Waals surface area contributed by atoms with Gasteiger partial charge in [0, 0.05) is 0 Å². The zero-order valence-electron chi connectivity index (χ0n) is 7.80. The van der Waals surface area contributed by atoms with E-state index in [9.17, 15) is 4.39 Å². The molecule has 1 aliphatic carbocycles. The van der Waals surface area contributed by atoms with Crippen LogP contribution in [0.25, 0.3) is 0 Å². The lowest BCUT2D eigenvalue weighted by atomic mass is 10.3. The summed E-state index contributed by atoms with van der Waals surface area (Å²) in [6, 6.07) is 4.89. The van der Waals surface area contributed by atoms with Gasteiger partial charge in [0.25, 0.3) is 0 Å². The zero-order chi connectivity index (χ0) is 9.97. The van der Waals surface area contributed by atoms with E-state index < -0.39 is 0 Å². The first-order valence-electron chi connectivity index (χ1n) is 4.88. The first-order chi connectivity index (χ1) is 6.77. The van der Waals surface area contributed by atoms with E-state index in [2.05, 4.69) is 15.9 Å². The van der Waals surface area contributed by atoms with Gasteiger partial charge in [-0.25, -0.2) is 4.39 Å². The molecule has 0 spiro atoms. The minimum absolute atomic E-state index is 0.263. The normalized spacial score (nSPS) is 17.3. The van der Waals surface area contributed by atoms with Gasteiger partial charge in [0.15, 0.2) is 0 Å². The molecule has 0 radical (unpaired) electrons. The van der Waals surface area contributed by atoms with Crippen LogP contribution in [0.5, 0.6) is 5.75 Å². The van der Waals surface area contributed by atoms with Crippen LogP contribution >= 0.6 is 15.9 Å². The van der Waals surface area contributed by atoms with Crippen molar-refractivity contribution in [1.29, 1.82) is 0 Å². The monoisotopic (exact) mass is 258 g/mol. The molecule has 0 bridgehead atoms. The summed E-state index contributed by atoms with van der Waals surface area (Å²) in [5.74, 6) is 0.359. The summed E-state index contributed by atoms with van der Waals surface area (Å²) >= 11 is 3.19. The lowest BCUT2D eigenvalue weighted by molar-refractivity contribution is 0.207. The second-order valence-corrected chi connectivity index (χ2v) is 4.37. The standard InChI is InChI=1S/C11H12BrFO/c12-11-9(13)6-3-7-10(11)14-8-4-1-2-5-8/h3,6-8H,1-2,4-5H2. The fourth-order valence-corrected chi connectivity index (χ4v) is 2.12. The molecule has 1 aromatic carbocycles. The quantitative estimate of drug-likeness (QED) is 0.782. The molecule has 0 N–H and O–H groups in total. The molecule has 2 rings (SSSR count). The zero-order valence-corrected chi connectivity index (χ0v) is 9.39. The van der Waals surface area contributed by atoms with Crippen molar-refractivity contribution in [3.8, 4) is 5.75 Å². The van der Waals surface area contributed by atoms with E-state index in [0.29, 0.717) is 10.2 Å². The molecule has 1 fully saturated rings. The van der Waals surface area contributed by atoms with Crippen LogP contribution in [-0.2, 0) is 0 Å². The summed E-state index contributed by atoms with van der Waals surface area (Å²) in [4.78, 5) is 0. The van der Waals surface area contributed by atoms with Gasteiger partial charge in [-0.2, -0.15) is 0 Å². The summed E-state index contributed by atoms with van der Waals surface area (Å²) in [6.45, 7) is 0. The highest BCUT2D eigenvalue weighted by Gasteiger charge is 2.18. The minimum atomic E-state index is -0.263. The molecule has 0 unspecified atom stereocenters. The Kier molecular flexibility index (Phi) is 3.06. The van der Waals surface area contributed by atoms with Crippen LogP contribution in [0.1, 0.15) is 25.7 Å². The van der Waals surface area contributed by atoms with Crippen molar-refractivity contribution in [2.24, 2.45) is 0 Å². The van der Waals surface area contributed by atoms with Crippen molar-refractivity contribution in [1.82, 2.24) is 0 Å². The molecule has 1 aliphatic rings. The van der Waals surface area contributed by atoms with E-state index in [1.54, 1.807) is 12.1 Å². The van der Waals surface area contributed by atoms with E-state index in [-0.39, 0.29) is 11.9 Å². The van der Waals surface area contributed by atoms with Crippen LogP contribution in [0.2, 0.25) is 0 Å². The Morgan fingerprint density at radius 3 is 2.71 bits per heavy atom. The molecule has 1 nitrogen and oxygen atoms in total. The largest absolute Gasteiger partial charge is 0.489 e. The average Bonchev–Trinajstić information content (AvgIpc) is 2.66. The van der Waals surface area contributed by atoms with Gasteiger partial charge in [0.2, 0.25) is 0 Å². The van der Waals surface area contributed by atoms with Gasteiger partial charge in [-0.1, -0.05) is 6.07 Å². The molecule has 0 saturated heterocycles. The molecule has 0 heterocycles. The molecule has 0 amide bonds. The summed E-state index contributed by atoms with van der Waals surface area (Å²) < 4.78 is 19.3. The summed E-state index contributed by atoms with van der Waals surface area (Å²) in [6.07, 6.45) is 4.88. The molecular formula is C11H12BrFO. The van der Waals surface area contributed by atoms with Crippen LogP contribution in [0.4, 0.5) is 4.39 Å². The maximum atomic E-state index is 13.1. The summed E-state index contributed by atoms with van der Waals surface area (Å²) in [7, 11) is 0. The Balaban J connectivity index is 2.11. The Hall–Kier alpha value is -0.570. The number of ether oxygens (including phenoxy) is 1. The second kappa shape index (κ2) is 4.30. The van der Waals surface area contributed by atoms with Gasteiger partial charge in [-0.15, -0.1) is 0 Å². The van der Waals surface area contributed by atoms with Crippen LogP contribution in [-0.4, -0.2) is 6.10 Å². The predicted octanol–water partition coefficient (Wildman–Crippen LogP) is 3.91. The predicted molar refractivity (Wildman–Crippen MR) is 57.0 cm³/mol. The molecule has 14 heavy (non-hydrogen) atoms. The first-order valence-corrected chi connectivity index (χ1v) is 5.67. The van der Waals surface area contributed by atoms with Crippen molar-refractivity contribution in [2.75, 3.05) is 0 Å². The topological polar surface area (TPSA) is 9.23 Å². The van der Waals surface area contributed by atoms with Crippen LogP contribution in [0.15, 0.2) is 22.7 Å². The Bertz CT molecular complexity index is 321. The lowest BCUT2D eigenvalue weighted by Crippen LogP contribution is -2.11. The second-order valence-electron chi connectivity index (χ2n) is 3.58. The van der Waals surface area contributed by atoms with E-state index in [1.807, 2.05) is 0 Å². The number of benzene rings is 1. The van der Waals surface area contributed by atoms with Gasteiger partial charge in [-0.3, -0.25) is 0 Å². The molecule has 0 aliphatic heterocycles. The van der Waals surface area contributed by atoms with Crippen molar-refractivity contribution in [2.45, 2.75) is 31.8 Å². The molecule has 0 atom stereocenters. The van der Waals surface area contributed by atoms with E-state index in [0.717, 1.165) is 12.8 Å². The van der Waals surface area contributed by atoms with E-state index in [1.165, 1.54) is 18.9 Å². The smallest absolute Gasteiger partial charge is 0.141 e. The van der Waals surface area contributed by atoms with Crippen molar-refractivity contribution >= 4 is 15.9 Å². The highest BCUT2D eigenvalue weighted by Crippen LogP contribution is 2.31. The third kappa shape index (κ3) is 2.08. The Morgan fingerprint density at radius 1 is 1.29 bits per heavy atom. The first kappa shape index (κ1) is 9.97. The van der Waals surface area contributed by atoms with Crippen molar-refractivity contribution in [3.63, 3.8) is 0 Å². The molecule has 1 saturated carbocycles. The highest BCUT2D eigenvalue weighted by atomic mass is 79.9. The maximum absolute atomic E-state index is 13.1. The van der Waals surface area contributed by atoms with Gasteiger partial charge in [-0.05, 0) is 53.7 Å². The van der Waals surface area contributed by atoms with E-state index >= 15 is 0 Å². The fraction of sp³-hybridized carbons (Fsp3) is 0.455. The third-order valence-electron chi connectivity index (χ3n) is 2.51. The molecule has 3 heteroatoms. The SMILES string of the molecule is Fc1cccc(OC2CCCC2)c1Br. The fourth-order valence-electron chi connectivity index (χ4n) is 1.76. The van der Waals surface area contributed by atoms with Crippen LogP contribution < -0.4 is 4.74 Å². The lowest BCUT2D eigenvalue weighted by Gasteiger charge is -2.14. The van der Waals surface area contributed by atoms with Crippen molar-refractivity contribution in [3.05, 3.63) is 28.5 Å². The molecule has 76 valence electrons. The maximum Gasteiger partial charge on any atom is 0.141 e. The number of hydrogen-bond acceptors (Lipinski definition) is 1.